The fourth-order valence-corrected chi connectivity index (χ4v) is 3.49. The molecule has 0 aliphatic heterocycles. The number of Topliss-reactive ketones (excluding diaryl/α,β-unsaturated/α-hetero) is 1. The lowest BCUT2D eigenvalue weighted by Crippen LogP contribution is -2.11. The van der Waals surface area contributed by atoms with Crippen LogP contribution in [-0.2, 0) is 6.42 Å². The van der Waals surface area contributed by atoms with Gasteiger partial charge >= 0.3 is 5.63 Å². The van der Waals surface area contributed by atoms with E-state index in [0.717, 1.165) is 34.9 Å². The van der Waals surface area contributed by atoms with Crippen LogP contribution in [-0.4, -0.2) is 12.4 Å². The van der Waals surface area contributed by atoms with Gasteiger partial charge in [0.15, 0.2) is 12.4 Å². The molecular weight excluding hydrogens is 376 g/mol. The monoisotopic (exact) mass is 398 g/mol. The van der Waals surface area contributed by atoms with Crippen LogP contribution in [0.1, 0.15) is 29.3 Å². The molecule has 0 unspecified atom stereocenters. The highest BCUT2D eigenvalue weighted by Gasteiger charge is 2.10. The average Bonchev–Trinajstić information content (AvgIpc) is 2.78. The van der Waals surface area contributed by atoms with Crippen LogP contribution in [0, 0.1) is 0 Å². The topological polar surface area (TPSA) is 56.5 Å². The van der Waals surface area contributed by atoms with Crippen LogP contribution < -0.4 is 10.4 Å². The van der Waals surface area contributed by atoms with Gasteiger partial charge in [-0.1, -0.05) is 67.9 Å². The summed E-state index contributed by atoms with van der Waals surface area (Å²) in [5.41, 5.74) is 3.81. The molecule has 0 fully saturated rings. The number of ether oxygens (including phenoxy) is 1. The molecule has 3 aromatic carbocycles. The molecule has 1 aromatic heterocycles. The standard InChI is InChI=1S/C26H22O4/c1-2-6-21-15-26(28)30-25-16-22(13-14-23(21)25)29-17-24(27)20-11-9-19(10-12-20)18-7-4-3-5-8-18/h3-5,7-16H,2,6,17H2,1H3. The number of hydrogen-bond acceptors (Lipinski definition) is 4. The van der Waals surface area contributed by atoms with Gasteiger partial charge in [-0.05, 0) is 35.2 Å². The Labute approximate surface area is 174 Å². The smallest absolute Gasteiger partial charge is 0.336 e. The number of benzene rings is 3. The summed E-state index contributed by atoms with van der Waals surface area (Å²) < 4.78 is 11.0. The number of ketones is 1. The number of carbonyl (C=O) groups excluding carboxylic acids is 1. The van der Waals surface area contributed by atoms with Gasteiger partial charge in [-0.25, -0.2) is 4.79 Å². The summed E-state index contributed by atoms with van der Waals surface area (Å²) in [5.74, 6) is 0.379. The Balaban J connectivity index is 1.47. The Morgan fingerprint density at radius 1 is 0.900 bits per heavy atom. The molecule has 0 amide bonds. The van der Waals surface area contributed by atoms with Crippen LogP contribution in [0.5, 0.6) is 5.75 Å². The van der Waals surface area contributed by atoms with Gasteiger partial charge in [0.1, 0.15) is 11.3 Å². The van der Waals surface area contributed by atoms with E-state index in [4.69, 9.17) is 9.15 Å². The van der Waals surface area contributed by atoms with E-state index in [1.165, 1.54) is 6.07 Å². The van der Waals surface area contributed by atoms with Crippen molar-refractivity contribution in [1.82, 2.24) is 0 Å². The van der Waals surface area contributed by atoms with E-state index in [9.17, 15) is 9.59 Å². The van der Waals surface area contributed by atoms with E-state index in [1.807, 2.05) is 60.7 Å². The largest absolute Gasteiger partial charge is 0.485 e. The second-order valence-electron chi connectivity index (χ2n) is 7.15. The maximum Gasteiger partial charge on any atom is 0.336 e. The maximum atomic E-state index is 12.5. The fourth-order valence-electron chi connectivity index (χ4n) is 3.49. The number of aryl methyl sites for hydroxylation is 1. The Kier molecular flexibility index (Phi) is 5.75. The predicted octanol–water partition coefficient (Wildman–Crippen LogP) is 5.67. The molecule has 0 saturated heterocycles. The van der Waals surface area contributed by atoms with Gasteiger partial charge in [0, 0.05) is 23.1 Å². The summed E-state index contributed by atoms with van der Waals surface area (Å²) in [5, 5.41) is 0.895. The van der Waals surface area contributed by atoms with Gasteiger partial charge in [0.2, 0.25) is 0 Å². The zero-order valence-corrected chi connectivity index (χ0v) is 16.8. The van der Waals surface area contributed by atoms with Crippen LogP contribution in [0.25, 0.3) is 22.1 Å². The molecule has 0 aliphatic carbocycles. The van der Waals surface area contributed by atoms with Crippen LogP contribution in [0.2, 0.25) is 0 Å². The predicted molar refractivity (Wildman–Crippen MR) is 118 cm³/mol. The second-order valence-corrected chi connectivity index (χ2v) is 7.15. The van der Waals surface area contributed by atoms with Crippen LogP contribution in [0.15, 0.2) is 88.1 Å². The highest BCUT2D eigenvalue weighted by atomic mass is 16.5. The minimum absolute atomic E-state index is 0.0882. The van der Waals surface area contributed by atoms with E-state index in [-0.39, 0.29) is 18.0 Å². The maximum absolute atomic E-state index is 12.5. The summed E-state index contributed by atoms with van der Waals surface area (Å²) in [6.45, 7) is 1.98. The molecule has 30 heavy (non-hydrogen) atoms. The van der Waals surface area contributed by atoms with E-state index in [0.29, 0.717) is 16.9 Å². The lowest BCUT2D eigenvalue weighted by molar-refractivity contribution is 0.0921. The van der Waals surface area contributed by atoms with E-state index < -0.39 is 0 Å². The molecule has 4 heteroatoms. The first-order valence-corrected chi connectivity index (χ1v) is 10.0. The van der Waals surface area contributed by atoms with Crippen molar-refractivity contribution in [2.45, 2.75) is 19.8 Å². The first-order chi connectivity index (χ1) is 14.6. The molecule has 1 heterocycles. The molecular formula is C26H22O4. The van der Waals surface area contributed by atoms with Crippen molar-refractivity contribution in [3.8, 4) is 16.9 Å². The molecule has 0 N–H and O–H groups in total. The van der Waals surface area contributed by atoms with E-state index in [1.54, 1.807) is 12.1 Å². The first-order valence-electron chi connectivity index (χ1n) is 10.0. The number of rotatable bonds is 7. The Hall–Kier alpha value is -3.66. The minimum atomic E-state index is -0.377. The van der Waals surface area contributed by atoms with Crippen LogP contribution >= 0.6 is 0 Å². The SMILES string of the molecule is CCCc1cc(=O)oc2cc(OCC(=O)c3ccc(-c4ccccc4)cc3)ccc12. The highest BCUT2D eigenvalue weighted by Crippen LogP contribution is 2.24. The van der Waals surface area contributed by atoms with Crippen LogP contribution in [0.4, 0.5) is 0 Å². The van der Waals surface area contributed by atoms with Crippen LogP contribution in [0.3, 0.4) is 0 Å². The lowest BCUT2D eigenvalue weighted by atomic mass is 10.0. The van der Waals surface area contributed by atoms with Crippen molar-refractivity contribution in [1.29, 1.82) is 0 Å². The van der Waals surface area contributed by atoms with Crippen molar-refractivity contribution in [2.75, 3.05) is 6.61 Å². The average molecular weight is 398 g/mol. The summed E-state index contributed by atoms with van der Waals surface area (Å²) in [6, 6.07) is 24.4. The van der Waals surface area contributed by atoms with Gasteiger partial charge in [-0.15, -0.1) is 0 Å². The Morgan fingerprint density at radius 2 is 1.63 bits per heavy atom. The molecule has 0 atom stereocenters. The van der Waals surface area contributed by atoms with Crippen molar-refractivity contribution in [3.63, 3.8) is 0 Å². The van der Waals surface area contributed by atoms with Crippen molar-refractivity contribution in [2.24, 2.45) is 0 Å². The minimum Gasteiger partial charge on any atom is -0.485 e. The van der Waals surface area contributed by atoms with Gasteiger partial charge in [-0.2, -0.15) is 0 Å². The number of fused-ring (bicyclic) bond motifs is 1. The summed E-state index contributed by atoms with van der Waals surface area (Å²) >= 11 is 0. The number of carbonyl (C=O) groups is 1. The Bertz CT molecular complexity index is 1220. The highest BCUT2D eigenvalue weighted by molar-refractivity contribution is 5.97. The third kappa shape index (κ3) is 4.33. The normalized spacial score (nSPS) is 10.8. The zero-order valence-electron chi connectivity index (χ0n) is 16.8. The van der Waals surface area contributed by atoms with Gasteiger partial charge < -0.3 is 9.15 Å². The molecule has 0 saturated carbocycles. The van der Waals surface area contributed by atoms with Crippen molar-refractivity contribution >= 4 is 16.8 Å². The van der Waals surface area contributed by atoms with Crippen molar-refractivity contribution in [3.05, 3.63) is 100 Å². The van der Waals surface area contributed by atoms with Gasteiger partial charge in [-0.3, -0.25) is 4.79 Å². The van der Waals surface area contributed by atoms with E-state index in [2.05, 4.69) is 6.92 Å². The fraction of sp³-hybridized carbons (Fsp3) is 0.154. The Morgan fingerprint density at radius 3 is 2.37 bits per heavy atom. The zero-order chi connectivity index (χ0) is 20.9. The molecule has 4 aromatic rings. The van der Waals surface area contributed by atoms with Crippen molar-refractivity contribution < 1.29 is 13.9 Å². The molecule has 0 aliphatic rings. The quantitative estimate of drug-likeness (QED) is 0.297. The first kappa shape index (κ1) is 19.6. The molecule has 0 spiro atoms. The molecule has 4 rings (SSSR count). The summed E-state index contributed by atoms with van der Waals surface area (Å²) in [4.78, 5) is 24.3. The van der Waals surface area contributed by atoms with Gasteiger partial charge in [0.05, 0.1) is 0 Å². The number of hydrogen-bond donors (Lipinski definition) is 0. The van der Waals surface area contributed by atoms with E-state index >= 15 is 0 Å². The third-order valence-electron chi connectivity index (χ3n) is 5.00. The molecule has 0 bridgehead atoms. The summed E-state index contributed by atoms with van der Waals surface area (Å²) in [6.07, 6.45) is 1.74. The second kappa shape index (κ2) is 8.78. The third-order valence-corrected chi connectivity index (χ3v) is 5.00. The van der Waals surface area contributed by atoms with Gasteiger partial charge in [0.25, 0.3) is 0 Å². The molecule has 4 nitrogen and oxygen atoms in total. The molecule has 150 valence electrons. The summed E-state index contributed by atoms with van der Waals surface area (Å²) in [7, 11) is 0. The lowest BCUT2D eigenvalue weighted by Gasteiger charge is -2.09. The molecule has 0 radical (unpaired) electrons.